The molecule has 0 atom stereocenters. The zero-order valence-corrected chi connectivity index (χ0v) is 16.4. The van der Waals surface area contributed by atoms with Gasteiger partial charge < -0.3 is 5.11 Å². The molecule has 0 saturated heterocycles. The number of benzene rings is 3. The van der Waals surface area contributed by atoms with Crippen molar-refractivity contribution in [1.29, 1.82) is 0 Å². The van der Waals surface area contributed by atoms with Crippen molar-refractivity contribution in [3.63, 3.8) is 0 Å². The first-order valence-corrected chi connectivity index (χ1v) is 10.7. The molecular weight excluding hydrogens is 360 g/mol. The lowest BCUT2D eigenvalue weighted by Crippen LogP contribution is -2.50. The summed E-state index contributed by atoms with van der Waals surface area (Å²) in [6.45, 7) is 0. The number of aromatic carboxylic acids is 1. The van der Waals surface area contributed by atoms with E-state index in [2.05, 4.69) is 12.1 Å². The van der Waals surface area contributed by atoms with Crippen molar-refractivity contribution in [2.45, 2.75) is 38.5 Å². The van der Waals surface area contributed by atoms with E-state index in [1.165, 1.54) is 19.3 Å². The molecule has 0 spiro atoms. The normalized spacial score (nSPS) is 30.1. The zero-order valence-electron chi connectivity index (χ0n) is 16.4. The minimum atomic E-state index is -0.913. The second kappa shape index (κ2) is 5.91. The number of ketones is 1. The number of carbonyl (C=O) groups is 2. The number of carboxylic acid groups (broad SMARTS) is 1. The summed E-state index contributed by atoms with van der Waals surface area (Å²) < 4.78 is 0. The topological polar surface area (TPSA) is 54.4 Å². The zero-order chi connectivity index (χ0) is 19.8. The molecule has 3 heteroatoms. The van der Waals surface area contributed by atoms with Crippen LogP contribution in [0.2, 0.25) is 0 Å². The Morgan fingerprint density at radius 2 is 1.17 bits per heavy atom. The van der Waals surface area contributed by atoms with Gasteiger partial charge in [0.05, 0.1) is 5.56 Å². The Bertz CT molecular complexity index is 1150. The van der Waals surface area contributed by atoms with Gasteiger partial charge in [0.15, 0.2) is 5.78 Å². The van der Waals surface area contributed by atoms with Crippen LogP contribution in [-0.4, -0.2) is 16.9 Å². The summed E-state index contributed by atoms with van der Waals surface area (Å²) in [6, 6.07) is 15.4. The van der Waals surface area contributed by atoms with Gasteiger partial charge in [0.1, 0.15) is 0 Å². The molecule has 4 aliphatic rings. The fraction of sp³-hybridized carbons (Fsp3) is 0.385. The Morgan fingerprint density at radius 3 is 1.69 bits per heavy atom. The molecule has 3 aromatic carbocycles. The van der Waals surface area contributed by atoms with Crippen molar-refractivity contribution in [3.05, 3.63) is 59.7 Å². The summed E-state index contributed by atoms with van der Waals surface area (Å²) in [7, 11) is 0. The van der Waals surface area contributed by atoms with Gasteiger partial charge in [-0.25, -0.2) is 4.79 Å². The molecule has 146 valence electrons. The van der Waals surface area contributed by atoms with Crippen molar-refractivity contribution in [1.82, 2.24) is 0 Å². The Morgan fingerprint density at radius 1 is 0.690 bits per heavy atom. The maximum absolute atomic E-state index is 13.7. The van der Waals surface area contributed by atoms with E-state index in [0.717, 1.165) is 64.1 Å². The molecule has 0 unspecified atom stereocenters. The van der Waals surface area contributed by atoms with Crippen LogP contribution in [-0.2, 0) is 0 Å². The third-order valence-electron chi connectivity index (χ3n) is 7.82. The molecule has 0 amide bonds. The first kappa shape index (κ1) is 17.2. The maximum Gasteiger partial charge on any atom is 0.335 e. The van der Waals surface area contributed by atoms with Crippen LogP contribution in [0.15, 0.2) is 48.5 Å². The van der Waals surface area contributed by atoms with E-state index in [0.29, 0.717) is 11.3 Å². The van der Waals surface area contributed by atoms with Gasteiger partial charge in [0, 0.05) is 11.0 Å². The minimum absolute atomic E-state index is 0.115. The Hall–Kier alpha value is -2.68. The van der Waals surface area contributed by atoms with E-state index in [1.54, 1.807) is 12.1 Å². The smallest absolute Gasteiger partial charge is 0.335 e. The molecule has 0 aromatic heterocycles. The van der Waals surface area contributed by atoms with Gasteiger partial charge in [-0.05, 0) is 108 Å². The van der Waals surface area contributed by atoms with E-state index < -0.39 is 5.97 Å². The first-order valence-electron chi connectivity index (χ1n) is 10.7. The van der Waals surface area contributed by atoms with Crippen LogP contribution in [0.1, 0.15) is 59.2 Å². The van der Waals surface area contributed by atoms with E-state index in [4.69, 9.17) is 0 Å². The summed E-state index contributed by atoms with van der Waals surface area (Å²) in [5, 5.41) is 13.2. The van der Waals surface area contributed by atoms with Crippen molar-refractivity contribution < 1.29 is 14.7 Å². The summed E-state index contributed by atoms with van der Waals surface area (Å²) in [4.78, 5) is 24.9. The predicted octanol–water partition coefficient (Wildman–Crippen LogP) is 6.09. The average Bonchev–Trinajstić information content (AvgIpc) is 2.69. The van der Waals surface area contributed by atoms with Crippen LogP contribution in [0, 0.1) is 23.2 Å². The van der Waals surface area contributed by atoms with Crippen LogP contribution in [0.3, 0.4) is 0 Å². The van der Waals surface area contributed by atoms with Gasteiger partial charge in [-0.2, -0.15) is 0 Å². The lowest BCUT2D eigenvalue weighted by atomic mass is 9.48. The monoisotopic (exact) mass is 384 g/mol. The molecule has 4 fully saturated rings. The number of rotatable bonds is 3. The Kier molecular flexibility index (Phi) is 3.51. The largest absolute Gasteiger partial charge is 0.478 e. The fourth-order valence-electron chi connectivity index (χ4n) is 6.97. The number of carbonyl (C=O) groups excluding carboxylic acids is 1. The summed E-state index contributed by atoms with van der Waals surface area (Å²) in [6.07, 6.45) is 7.29. The van der Waals surface area contributed by atoms with Crippen LogP contribution in [0.5, 0.6) is 0 Å². The number of carboxylic acids is 1. The number of hydrogen-bond acceptors (Lipinski definition) is 2. The van der Waals surface area contributed by atoms with Gasteiger partial charge in [0.2, 0.25) is 0 Å². The van der Waals surface area contributed by atoms with E-state index in [-0.39, 0.29) is 5.41 Å². The second-order valence-electron chi connectivity index (χ2n) is 9.81. The third kappa shape index (κ3) is 2.63. The molecule has 3 aromatic rings. The predicted molar refractivity (Wildman–Crippen MR) is 113 cm³/mol. The number of fused-ring (bicyclic) bond motifs is 2. The Labute approximate surface area is 169 Å². The van der Waals surface area contributed by atoms with Crippen LogP contribution in [0.4, 0.5) is 0 Å². The molecule has 29 heavy (non-hydrogen) atoms. The van der Waals surface area contributed by atoms with E-state index >= 15 is 0 Å². The average molecular weight is 384 g/mol. The van der Waals surface area contributed by atoms with Crippen molar-refractivity contribution >= 4 is 33.3 Å². The van der Waals surface area contributed by atoms with Gasteiger partial charge >= 0.3 is 5.97 Å². The Balaban J connectivity index is 1.40. The molecule has 1 N–H and O–H groups in total. The lowest BCUT2D eigenvalue weighted by Gasteiger charge is -2.56. The standard InChI is InChI=1S/C26H24O3/c27-24(26-12-15-5-16(13-26)7-17(6-15)14-26)20-3-1-18-9-23-11-21(25(28)29)4-2-19(23)8-22(18)10-20/h1-4,8-11,15-17H,5-7,12-14H2,(H,28,29). The molecule has 7 rings (SSSR count). The highest BCUT2D eigenvalue weighted by Gasteiger charge is 2.54. The molecule has 4 saturated carbocycles. The highest BCUT2D eigenvalue weighted by atomic mass is 16.4. The summed E-state index contributed by atoms with van der Waals surface area (Å²) in [5.41, 5.74) is 1.03. The molecule has 4 aliphatic carbocycles. The molecule has 0 heterocycles. The summed E-state index contributed by atoms with van der Waals surface area (Å²) >= 11 is 0. The third-order valence-corrected chi connectivity index (χ3v) is 7.82. The number of hydrogen-bond donors (Lipinski definition) is 1. The van der Waals surface area contributed by atoms with Gasteiger partial charge in [-0.3, -0.25) is 4.79 Å². The van der Waals surface area contributed by atoms with Gasteiger partial charge in [-0.15, -0.1) is 0 Å². The quantitative estimate of drug-likeness (QED) is 0.439. The lowest BCUT2D eigenvalue weighted by molar-refractivity contribution is -0.0352. The van der Waals surface area contributed by atoms with Crippen LogP contribution in [0.25, 0.3) is 21.5 Å². The van der Waals surface area contributed by atoms with E-state index in [9.17, 15) is 14.7 Å². The van der Waals surface area contributed by atoms with Crippen LogP contribution >= 0.6 is 0 Å². The molecule has 3 nitrogen and oxygen atoms in total. The first-order chi connectivity index (χ1) is 14.0. The highest BCUT2D eigenvalue weighted by Crippen LogP contribution is 2.61. The summed E-state index contributed by atoms with van der Waals surface area (Å²) in [5.74, 6) is 1.73. The van der Waals surface area contributed by atoms with Gasteiger partial charge in [-0.1, -0.05) is 18.2 Å². The molecule has 0 aliphatic heterocycles. The fourth-order valence-corrected chi connectivity index (χ4v) is 6.97. The van der Waals surface area contributed by atoms with Crippen LogP contribution < -0.4 is 0 Å². The molecule has 0 radical (unpaired) electrons. The van der Waals surface area contributed by atoms with E-state index in [1.807, 2.05) is 24.3 Å². The minimum Gasteiger partial charge on any atom is -0.478 e. The molecular formula is C26H24O3. The maximum atomic E-state index is 13.7. The second-order valence-corrected chi connectivity index (χ2v) is 9.81. The van der Waals surface area contributed by atoms with Crippen molar-refractivity contribution in [3.8, 4) is 0 Å². The van der Waals surface area contributed by atoms with Crippen molar-refractivity contribution in [2.24, 2.45) is 23.2 Å². The van der Waals surface area contributed by atoms with Gasteiger partial charge in [0.25, 0.3) is 0 Å². The SMILES string of the molecule is O=C(O)c1ccc2cc3cc(C(=O)C45CC6CC(CC(C6)C4)C5)ccc3cc2c1. The van der Waals surface area contributed by atoms with Crippen molar-refractivity contribution in [2.75, 3.05) is 0 Å². The molecule has 4 bridgehead atoms. The number of Topliss-reactive ketones (excluding diaryl/α,β-unsaturated/α-hetero) is 1. The highest BCUT2D eigenvalue weighted by molar-refractivity contribution is 6.06.